The summed E-state index contributed by atoms with van der Waals surface area (Å²) in [6.07, 6.45) is 12.4. The van der Waals surface area contributed by atoms with Gasteiger partial charge in [-0.25, -0.2) is 0 Å². The van der Waals surface area contributed by atoms with Gasteiger partial charge in [-0.1, -0.05) is 39.8 Å². The van der Waals surface area contributed by atoms with E-state index in [9.17, 15) is 0 Å². The minimum atomic E-state index is -0.989. The topological polar surface area (TPSA) is 55.4 Å². The van der Waals surface area contributed by atoms with Crippen molar-refractivity contribution in [3.63, 3.8) is 0 Å². The molecule has 0 N–H and O–H groups in total. The second-order valence-electron chi connectivity index (χ2n) is 11.4. The van der Waals surface area contributed by atoms with Gasteiger partial charge in [-0.2, -0.15) is 0 Å². The quantitative estimate of drug-likeness (QED) is 0.171. The van der Waals surface area contributed by atoms with Gasteiger partial charge in [0, 0.05) is 44.7 Å². The summed E-state index contributed by atoms with van der Waals surface area (Å²) in [6.45, 7) is 23.3. The maximum atomic E-state index is 6.98. The van der Waals surface area contributed by atoms with E-state index in [0.29, 0.717) is 38.3 Å². The van der Waals surface area contributed by atoms with Crippen molar-refractivity contribution in [3.8, 4) is 0 Å². The lowest BCUT2D eigenvalue weighted by Gasteiger charge is -2.67. The summed E-state index contributed by atoms with van der Waals surface area (Å²) in [6, 6.07) is 0. The third kappa shape index (κ3) is 5.50. The average Bonchev–Trinajstić information content (AvgIpc) is 2.85. The Kier molecular flexibility index (Phi) is 11.6. The van der Waals surface area contributed by atoms with Gasteiger partial charge in [-0.3, -0.25) is 0 Å². The molecule has 0 aromatic rings. The highest BCUT2D eigenvalue weighted by Crippen LogP contribution is 2.65. The zero-order chi connectivity index (χ0) is 27.8. The molecule has 6 heteroatoms. The molecule has 0 bridgehead atoms. The molecular formula is C31H56O6. The molecule has 37 heavy (non-hydrogen) atoms. The highest BCUT2D eigenvalue weighted by atomic mass is 16.7. The maximum Gasteiger partial charge on any atom is 0.239 e. The fraction of sp³-hybridized carbons (Fsp3) is 0.871. The molecule has 2 aliphatic rings. The van der Waals surface area contributed by atoms with E-state index in [1.165, 1.54) is 0 Å². The van der Waals surface area contributed by atoms with Crippen LogP contribution in [-0.4, -0.2) is 49.2 Å². The molecule has 0 aliphatic heterocycles. The predicted octanol–water partition coefficient (Wildman–Crippen LogP) is 7.77. The molecule has 6 unspecified atom stereocenters. The Bertz CT molecular complexity index is 690. The molecule has 0 saturated heterocycles. The molecule has 0 amide bonds. The lowest BCUT2D eigenvalue weighted by Crippen LogP contribution is -2.79. The molecule has 0 heterocycles. The molecule has 216 valence electrons. The highest BCUT2D eigenvalue weighted by molar-refractivity contribution is 5.21. The maximum absolute atomic E-state index is 6.98. The average molecular weight is 525 g/mol. The van der Waals surface area contributed by atoms with Crippen LogP contribution >= 0.6 is 0 Å². The summed E-state index contributed by atoms with van der Waals surface area (Å²) < 4.78 is 40.7. The van der Waals surface area contributed by atoms with Crippen LogP contribution in [0.25, 0.3) is 0 Å². The van der Waals surface area contributed by atoms with Crippen LogP contribution in [0.4, 0.5) is 0 Å². The smallest absolute Gasteiger partial charge is 0.239 e. The van der Waals surface area contributed by atoms with Crippen LogP contribution in [0.1, 0.15) is 108 Å². The predicted molar refractivity (Wildman–Crippen MR) is 149 cm³/mol. The second-order valence-corrected chi connectivity index (χ2v) is 11.4. The molecule has 6 atom stereocenters. The van der Waals surface area contributed by atoms with Crippen molar-refractivity contribution >= 4 is 0 Å². The van der Waals surface area contributed by atoms with Gasteiger partial charge < -0.3 is 28.4 Å². The Morgan fingerprint density at radius 1 is 0.649 bits per heavy atom. The van der Waals surface area contributed by atoms with E-state index in [4.69, 9.17) is 28.4 Å². The Morgan fingerprint density at radius 2 is 1.00 bits per heavy atom. The van der Waals surface area contributed by atoms with E-state index in [2.05, 4.69) is 41.5 Å². The van der Waals surface area contributed by atoms with Crippen molar-refractivity contribution in [2.75, 3.05) is 26.4 Å². The third-order valence-corrected chi connectivity index (χ3v) is 8.79. The van der Waals surface area contributed by atoms with Crippen LogP contribution in [0.3, 0.4) is 0 Å². The Labute approximate surface area is 227 Å². The van der Waals surface area contributed by atoms with Crippen LogP contribution in [0.2, 0.25) is 0 Å². The Hall–Kier alpha value is -1.08. The van der Waals surface area contributed by atoms with Gasteiger partial charge in [0.2, 0.25) is 11.6 Å². The fourth-order valence-corrected chi connectivity index (χ4v) is 7.38. The highest BCUT2D eigenvalue weighted by Gasteiger charge is 2.76. The minimum absolute atomic E-state index is 0.423. The number of rotatable bonds is 14. The molecule has 0 aromatic carbocycles. The summed E-state index contributed by atoms with van der Waals surface area (Å²) in [5.41, 5.74) is -2.29. The van der Waals surface area contributed by atoms with Gasteiger partial charge in [0.1, 0.15) is 11.2 Å². The first-order chi connectivity index (χ1) is 17.6. The van der Waals surface area contributed by atoms with E-state index in [1.54, 1.807) is 12.5 Å². The number of ether oxygens (including phenoxy) is 6. The zero-order valence-corrected chi connectivity index (χ0v) is 25.5. The summed E-state index contributed by atoms with van der Waals surface area (Å²) in [7, 11) is 0. The van der Waals surface area contributed by atoms with Crippen molar-refractivity contribution in [1.29, 1.82) is 0 Å². The van der Waals surface area contributed by atoms with Crippen molar-refractivity contribution in [1.82, 2.24) is 0 Å². The van der Waals surface area contributed by atoms with Gasteiger partial charge in [0.15, 0.2) is 0 Å². The lowest BCUT2D eigenvalue weighted by atomic mass is 9.50. The van der Waals surface area contributed by atoms with Gasteiger partial charge in [-0.15, -0.1) is 0 Å². The van der Waals surface area contributed by atoms with Crippen molar-refractivity contribution in [2.24, 2.45) is 17.3 Å². The van der Waals surface area contributed by atoms with Crippen LogP contribution in [0.5, 0.6) is 0 Å². The molecule has 0 radical (unpaired) electrons. The fourth-order valence-electron chi connectivity index (χ4n) is 7.38. The van der Waals surface area contributed by atoms with E-state index >= 15 is 0 Å². The van der Waals surface area contributed by atoms with Crippen LogP contribution in [-0.2, 0) is 28.4 Å². The molecule has 2 fully saturated rings. The largest absolute Gasteiger partial charge is 0.467 e. The van der Waals surface area contributed by atoms with Gasteiger partial charge >= 0.3 is 0 Å². The van der Waals surface area contributed by atoms with E-state index < -0.39 is 28.2 Å². The van der Waals surface area contributed by atoms with Crippen LogP contribution in [0.15, 0.2) is 24.7 Å². The van der Waals surface area contributed by atoms with Crippen LogP contribution < -0.4 is 0 Å². The van der Waals surface area contributed by atoms with Crippen molar-refractivity contribution in [2.45, 2.75) is 131 Å². The summed E-state index contributed by atoms with van der Waals surface area (Å²) >= 11 is 0. The monoisotopic (exact) mass is 524 g/mol. The zero-order valence-electron chi connectivity index (χ0n) is 25.5. The Morgan fingerprint density at radius 3 is 1.30 bits per heavy atom. The van der Waals surface area contributed by atoms with E-state index in [-0.39, 0.29) is 0 Å². The number of hydrogen-bond acceptors (Lipinski definition) is 6. The second kappa shape index (κ2) is 13.3. The normalized spacial score (nSPS) is 37.4. The van der Waals surface area contributed by atoms with Gasteiger partial charge in [0.05, 0.1) is 12.5 Å². The molecule has 6 nitrogen and oxygen atoms in total. The standard InChI is InChI=1S/C31H56O6/c1-11-21-36-30(34-15-5)23-25(7)17-19-28(30,32-13-3)27(9,10)29(33-14-4)20-18-26(8)24-31(29,35-16-6)37-22-12-2/h11-12,21-22,25-26H,13-20,23-24H2,1-10H3. The van der Waals surface area contributed by atoms with Gasteiger partial charge in [0.25, 0.3) is 0 Å². The van der Waals surface area contributed by atoms with Crippen LogP contribution in [0, 0.1) is 17.3 Å². The minimum Gasteiger partial charge on any atom is -0.467 e. The number of allylic oxidation sites excluding steroid dienone is 2. The molecule has 0 spiro atoms. The molecular weight excluding hydrogens is 468 g/mol. The lowest BCUT2D eigenvalue weighted by molar-refractivity contribution is -0.422. The molecule has 0 aromatic heterocycles. The van der Waals surface area contributed by atoms with Crippen molar-refractivity contribution < 1.29 is 28.4 Å². The van der Waals surface area contributed by atoms with E-state index in [1.807, 2.05) is 39.8 Å². The first-order valence-corrected chi connectivity index (χ1v) is 14.7. The Balaban J connectivity index is 2.94. The molecule has 2 saturated carbocycles. The third-order valence-electron chi connectivity index (χ3n) is 8.79. The first-order valence-electron chi connectivity index (χ1n) is 14.7. The SMILES string of the molecule is CC=COC1(OCC)CC(C)CCC1(OCC)C(C)(C)C1(OCC)CCC(C)CC1(OC=CC)OCC. The summed E-state index contributed by atoms with van der Waals surface area (Å²) in [4.78, 5) is 0. The van der Waals surface area contributed by atoms with Crippen molar-refractivity contribution in [3.05, 3.63) is 24.7 Å². The summed E-state index contributed by atoms with van der Waals surface area (Å²) in [5.74, 6) is -1.13. The van der Waals surface area contributed by atoms with Gasteiger partial charge in [-0.05, 0) is 79.1 Å². The summed E-state index contributed by atoms with van der Waals surface area (Å²) in [5, 5.41) is 0. The van der Waals surface area contributed by atoms with E-state index in [0.717, 1.165) is 38.5 Å². The molecule has 2 aliphatic carbocycles. The molecule has 2 rings (SSSR count). The first kappa shape index (κ1) is 32.1. The number of hydrogen-bond donors (Lipinski definition) is 0.